The van der Waals surface area contributed by atoms with Gasteiger partial charge in [-0.15, -0.1) is 0 Å². The van der Waals surface area contributed by atoms with E-state index >= 15 is 0 Å². The quantitative estimate of drug-likeness (QED) is 0.675. The molecule has 0 saturated heterocycles. The monoisotopic (exact) mass is 373 g/mol. The zero-order valence-corrected chi connectivity index (χ0v) is 15.1. The van der Waals surface area contributed by atoms with Gasteiger partial charge in [0.25, 0.3) is 0 Å². The van der Waals surface area contributed by atoms with Crippen LogP contribution in [0.25, 0.3) is 0 Å². The summed E-state index contributed by atoms with van der Waals surface area (Å²) >= 11 is 12.1. The number of hydrogen-bond donors (Lipinski definition) is 2. The van der Waals surface area contributed by atoms with Gasteiger partial charge < -0.3 is 16.0 Å². The van der Waals surface area contributed by atoms with Crippen molar-refractivity contribution in [3.05, 3.63) is 70.5 Å². The van der Waals surface area contributed by atoms with Crippen molar-refractivity contribution in [2.45, 2.75) is 6.54 Å². The van der Waals surface area contributed by atoms with Crippen molar-refractivity contribution in [1.82, 2.24) is 9.97 Å². The van der Waals surface area contributed by atoms with Crippen molar-refractivity contribution in [3.63, 3.8) is 0 Å². The van der Waals surface area contributed by atoms with E-state index in [4.69, 9.17) is 28.9 Å². The van der Waals surface area contributed by atoms with Crippen LogP contribution in [0.1, 0.15) is 5.56 Å². The lowest BCUT2D eigenvalue weighted by Gasteiger charge is -2.21. The number of hydrogen-bond acceptors (Lipinski definition) is 5. The number of rotatable bonds is 5. The van der Waals surface area contributed by atoms with Crippen LogP contribution in [0.5, 0.6) is 0 Å². The van der Waals surface area contributed by atoms with Gasteiger partial charge in [-0.2, -0.15) is 0 Å². The van der Waals surface area contributed by atoms with Crippen LogP contribution in [-0.4, -0.2) is 17.0 Å². The van der Waals surface area contributed by atoms with Gasteiger partial charge >= 0.3 is 0 Å². The third-order valence-electron chi connectivity index (χ3n) is 3.61. The third kappa shape index (κ3) is 4.32. The van der Waals surface area contributed by atoms with Crippen LogP contribution < -0.4 is 16.0 Å². The Kier molecular flexibility index (Phi) is 5.26. The number of nitrogen functional groups attached to an aromatic ring is 1. The SMILES string of the molecule is CN(Cc1ccccc1)c1ncnc(Nc2cc(Cl)cc(Cl)c2)c1N. The van der Waals surface area contributed by atoms with E-state index in [2.05, 4.69) is 27.4 Å². The molecule has 25 heavy (non-hydrogen) atoms. The molecule has 0 atom stereocenters. The van der Waals surface area contributed by atoms with E-state index < -0.39 is 0 Å². The Labute approximate surface area is 156 Å². The summed E-state index contributed by atoms with van der Waals surface area (Å²) in [5.74, 6) is 1.15. The number of nitrogens with two attached hydrogens (primary N) is 1. The molecule has 0 aliphatic heterocycles. The van der Waals surface area contributed by atoms with Crippen LogP contribution in [0, 0.1) is 0 Å². The first kappa shape index (κ1) is 17.3. The summed E-state index contributed by atoms with van der Waals surface area (Å²) in [6, 6.07) is 15.3. The van der Waals surface area contributed by atoms with Crippen molar-refractivity contribution in [2.75, 3.05) is 23.0 Å². The van der Waals surface area contributed by atoms with Crippen LogP contribution in [0.2, 0.25) is 10.0 Å². The Morgan fingerprint density at radius 2 is 1.72 bits per heavy atom. The fourth-order valence-electron chi connectivity index (χ4n) is 2.48. The average molecular weight is 374 g/mol. The standard InChI is InChI=1S/C18H17Cl2N5/c1-25(10-12-5-3-2-4-6-12)18-16(21)17(22-11-23-18)24-15-8-13(19)7-14(20)9-15/h2-9,11H,10,21H2,1H3,(H,22,23,24). The number of nitrogens with one attached hydrogen (secondary N) is 1. The van der Waals surface area contributed by atoms with Gasteiger partial charge in [-0.3, -0.25) is 0 Å². The van der Waals surface area contributed by atoms with Gasteiger partial charge in [0, 0.05) is 29.3 Å². The van der Waals surface area contributed by atoms with Crippen molar-refractivity contribution in [2.24, 2.45) is 0 Å². The number of nitrogens with zero attached hydrogens (tertiary/aromatic N) is 3. The zero-order chi connectivity index (χ0) is 17.8. The third-order valence-corrected chi connectivity index (χ3v) is 4.05. The second kappa shape index (κ2) is 7.59. The molecule has 0 fully saturated rings. The first-order chi connectivity index (χ1) is 12.0. The number of aromatic nitrogens is 2. The minimum Gasteiger partial charge on any atom is -0.393 e. The Morgan fingerprint density at radius 3 is 2.40 bits per heavy atom. The van der Waals surface area contributed by atoms with E-state index in [1.54, 1.807) is 18.2 Å². The van der Waals surface area contributed by atoms with Gasteiger partial charge in [0.05, 0.1) is 0 Å². The summed E-state index contributed by atoms with van der Waals surface area (Å²) in [4.78, 5) is 10.5. The van der Waals surface area contributed by atoms with Crippen molar-refractivity contribution < 1.29 is 0 Å². The molecule has 1 aromatic heterocycles. The molecule has 3 N–H and O–H groups in total. The minimum absolute atomic E-state index is 0.456. The highest BCUT2D eigenvalue weighted by Crippen LogP contribution is 2.30. The van der Waals surface area contributed by atoms with Gasteiger partial charge in [-0.25, -0.2) is 9.97 Å². The van der Waals surface area contributed by atoms with E-state index in [1.165, 1.54) is 11.9 Å². The smallest absolute Gasteiger partial charge is 0.159 e. The van der Waals surface area contributed by atoms with Gasteiger partial charge in [-0.1, -0.05) is 53.5 Å². The number of halogens is 2. The molecule has 0 amide bonds. The molecule has 0 bridgehead atoms. The Balaban J connectivity index is 1.84. The lowest BCUT2D eigenvalue weighted by atomic mass is 10.2. The predicted octanol–water partition coefficient (Wildman–Crippen LogP) is 4.75. The molecule has 5 nitrogen and oxygen atoms in total. The molecule has 2 aromatic carbocycles. The fourth-order valence-corrected chi connectivity index (χ4v) is 3.01. The van der Waals surface area contributed by atoms with Gasteiger partial charge in [0.2, 0.25) is 0 Å². The van der Waals surface area contributed by atoms with Crippen LogP contribution in [-0.2, 0) is 6.54 Å². The maximum absolute atomic E-state index is 6.27. The van der Waals surface area contributed by atoms with Gasteiger partial charge in [0.15, 0.2) is 11.6 Å². The number of anilines is 4. The van der Waals surface area contributed by atoms with Crippen LogP contribution >= 0.6 is 23.2 Å². The summed E-state index contributed by atoms with van der Waals surface area (Å²) < 4.78 is 0. The lowest BCUT2D eigenvalue weighted by Crippen LogP contribution is -2.20. The minimum atomic E-state index is 0.456. The Bertz CT molecular complexity index is 850. The molecule has 0 aliphatic carbocycles. The van der Waals surface area contributed by atoms with Crippen molar-refractivity contribution in [1.29, 1.82) is 0 Å². The maximum atomic E-state index is 6.27. The molecule has 0 unspecified atom stereocenters. The van der Waals surface area contributed by atoms with E-state index in [1.807, 2.05) is 30.1 Å². The molecule has 0 saturated carbocycles. The zero-order valence-electron chi connectivity index (χ0n) is 13.6. The van der Waals surface area contributed by atoms with Gasteiger partial charge in [-0.05, 0) is 23.8 Å². The molecule has 0 radical (unpaired) electrons. The Hall–Kier alpha value is -2.50. The summed E-state index contributed by atoms with van der Waals surface area (Å²) in [5.41, 5.74) is 8.60. The van der Waals surface area contributed by atoms with Crippen LogP contribution in [0.3, 0.4) is 0 Å². The average Bonchev–Trinajstić information content (AvgIpc) is 2.56. The summed E-state index contributed by atoms with van der Waals surface area (Å²) in [7, 11) is 1.94. The molecule has 0 spiro atoms. The summed E-state index contributed by atoms with van der Waals surface area (Å²) in [6.07, 6.45) is 1.47. The molecule has 0 aliphatic rings. The maximum Gasteiger partial charge on any atom is 0.159 e. The van der Waals surface area contributed by atoms with Crippen molar-refractivity contribution in [3.8, 4) is 0 Å². The van der Waals surface area contributed by atoms with Crippen LogP contribution in [0.15, 0.2) is 54.9 Å². The van der Waals surface area contributed by atoms with E-state index in [-0.39, 0.29) is 0 Å². The second-order valence-corrected chi connectivity index (χ2v) is 6.46. The fraction of sp³-hybridized carbons (Fsp3) is 0.111. The summed E-state index contributed by atoms with van der Waals surface area (Å²) in [5, 5.41) is 4.20. The highest BCUT2D eigenvalue weighted by atomic mass is 35.5. The molecule has 1 heterocycles. The second-order valence-electron chi connectivity index (χ2n) is 5.58. The molecular weight excluding hydrogens is 357 g/mol. The molecule has 3 rings (SSSR count). The first-order valence-corrected chi connectivity index (χ1v) is 8.37. The normalized spacial score (nSPS) is 10.5. The lowest BCUT2D eigenvalue weighted by molar-refractivity contribution is 0.894. The topological polar surface area (TPSA) is 67.1 Å². The van der Waals surface area contributed by atoms with E-state index in [0.29, 0.717) is 39.6 Å². The highest BCUT2D eigenvalue weighted by molar-refractivity contribution is 6.35. The van der Waals surface area contributed by atoms with E-state index in [0.717, 1.165) is 0 Å². The molecule has 3 aromatic rings. The molecular formula is C18H17Cl2N5. The molecule has 7 heteroatoms. The number of benzene rings is 2. The predicted molar refractivity (Wildman–Crippen MR) is 105 cm³/mol. The van der Waals surface area contributed by atoms with E-state index in [9.17, 15) is 0 Å². The Morgan fingerprint density at radius 1 is 1.04 bits per heavy atom. The van der Waals surface area contributed by atoms with Gasteiger partial charge in [0.1, 0.15) is 12.0 Å². The molecule has 128 valence electrons. The summed E-state index contributed by atoms with van der Waals surface area (Å²) in [6.45, 7) is 0.685. The first-order valence-electron chi connectivity index (χ1n) is 7.61. The largest absolute Gasteiger partial charge is 0.393 e. The van der Waals surface area contributed by atoms with Crippen LogP contribution in [0.4, 0.5) is 23.0 Å². The van der Waals surface area contributed by atoms with Crippen molar-refractivity contribution >= 4 is 46.2 Å². The highest BCUT2D eigenvalue weighted by Gasteiger charge is 2.13.